The van der Waals surface area contributed by atoms with Crippen molar-refractivity contribution in [3.05, 3.63) is 42.2 Å². The van der Waals surface area contributed by atoms with Crippen LogP contribution in [0.1, 0.15) is 32.3 Å². The summed E-state index contributed by atoms with van der Waals surface area (Å²) in [4.78, 5) is 20.2. The third-order valence-electron chi connectivity index (χ3n) is 3.51. The fourth-order valence-corrected chi connectivity index (χ4v) is 2.11. The average molecular weight is 327 g/mol. The molecule has 24 heavy (non-hydrogen) atoms. The number of nitrogens with two attached hydrogens (primary N) is 1. The van der Waals surface area contributed by atoms with Gasteiger partial charge in [-0.05, 0) is 31.0 Å². The molecule has 0 aliphatic carbocycles. The average Bonchev–Trinajstić information content (AvgIpc) is 2.60. The maximum atomic E-state index is 12.1. The molecule has 4 N–H and O–H groups in total. The molecular formula is C17H21N5O2. The van der Waals surface area contributed by atoms with E-state index in [0.717, 1.165) is 12.8 Å². The first-order chi connectivity index (χ1) is 11.5. The van der Waals surface area contributed by atoms with Gasteiger partial charge in [-0.15, -0.1) is 0 Å². The number of amides is 1. The summed E-state index contributed by atoms with van der Waals surface area (Å²) in [7, 11) is 0. The fraction of sp³-hybridized carbons (Fsp3) is 0.294. The number of hydrogen-bond acceptors (Lipinski definition) is 6. The zero-order valence-corrected chi connectivity index (χ0v) is 13.7. The number of nitrogens with zero attached hydrogens (tertiary/aromatic N) is 2. The van der Waals surface area contributed by atoms with Crippen molar-refractivity contribution in [2.75, 3.05) is 11.1 Å². The predicted octanol–water partition coefficient (Wildman–Crippen LogP) is 2.63. The van der Waals surface area contributed by atoms with E-state index in [9.17, 15) is 4.79 Å². The van der Waals surface area contributed by atoms with Gasteiger partial charge in [-0.1, -0.05) is 13.8 Å². The van der Waals surface area contributed by atoms with Crippen LogP contribution < -0.4 is 15.8 Å². The topological polar surface area (TPSA) is 114 Å². The van der Waals surface area contributed by atoms with Crippen LogP contribution in [0.25, 0.3) is 0 Å². The van der Waals surface area contributed by atoms with Crippen LogP contribution in [0.3, 0.4) is 0 Å². The number of carbonyl (C=O) groups is 1. The zero-order valence-electron chi connectivity index (χ0n) is 13.7. The zero-order chi connectivity index (χ0) is 17.5. The van der Waals surface area contributed by atoms with Crippen LogP contribution in [-0.4, -0.2) is 27.7 Å². The van der Waals surface area contributed by atoms with E-state index < -0.39 is 5.91 Å². The summed E-state index contributed by atoms with van der Waals surface area (Å²) in [6.45, 7) is 4.06. The quantitative estimate of drug-likeness (QED) is 0.676. The first-order valence-corrected chi connectivity index (χ1v) is 7.78. The Morgan fingerprint density at radius 1 is 1.33 bits per heavy atom. The normalized spacial score (nSPS) is 10.5. The highest BCUT2D eigenvalue weighted by Gasteiger charge is 2.17. The first-order valence-electron chi connectivity index (χ1n) is 7.78. The van der Waals surface area contributed by atoms with Crippen LogP contribution in [0.4, 0.5) is 11.5 Å². The summed E-state index contributed by atoms with van der Waals surface area (Å²) in [5.41, 5.74) is 6.39. The number of rotatable bonds is 7. The summed E-state index contributed by atoms with van der Waals surface area (Å²) in [5.74, 6) is -0.0969. The van der Waals surface area contributed by atoms with E-state index in [1.54, 1.807) is 30.5 Å². The smallest absolute Gasteiger partial charge is 0.274 e. The Morgan fingerprint density at radius 3 is 2.67 bits per heavy atom. The van der Waals surface area contributed by atoms with Crippen LogP contribution in [0, 0.1) is 5.41 Å². The van der Waals surface area contributed by atoms with Crippen LogP contribution in [0.15, 0.2) is 36.7 Å². The van der Waals surface area contributed by atoms with Gasteiger partial charge in [0.1, 0.15) is 11.5 Å². The molecule has 0 spiro atoms. The molecule has 0 saturated carbocycles. The molecule has 0 aromatic carbocycles. The van der Waals surface area contributed by atoms with E-state index >= 15 is 0 Å². The monoisotopic (exact) mass is 327 g/mol. The van der Waals surface area contributed by atoms with E-state index in [0.29, 0.717) is 11.6 Å². The van der Waals surface area contributed by atoms with Gasteiger partial charge in [-0.2, -0.15) is 4.98 Å². The van der Waals surface area contributed by atoms with Crippen LogP contribution in [0.5, 0.6) is 5.88 Å². The number of nitrogens with one attached hydrogen (secondary N) is 2. The molecule has 2 aromatic heterocycles. The summed E-state index contributed by atoms with van der Waals surface area (Å²) in [5, 5.41) is 10.6. The van der Waals surface area contributed by atoms with E-state index in [1.807, 2.05) is 13.8 Å². The van der Waals surface area contributed by atoms with Gasteiger partial charge in [0.2, 0.25) is 5.88 Å². The second kappa shape index (κ2) is 8.05. The molecule has 1 amide bonds. The van der Waals surface area contributed by atoms with E-state index in [4.69, 9.17) is 15.9 Å². The Morgan fingerprint density at radius 2 is 2.08 bits per heavy atom. The van der Waals surface area contributed by atoms with Crippen molar-refractivity contribution < 1.29 is 9.53 Å². The lowest BCUT2D eigenvalue weighted by molar-refractivity contribution is -0.110. The Labute approximate surface area is 140 Å². The summed E-state index contributed by atoms with van der Waals surface area (Å²) >= 11 is 0. The molecule has 126 valence electrons. The minimum absolute atomic E-state index is 0.0658. The molecule has 0 aliphatic rings. The lowest BCUT2D eigenvalue weighted by Gasteiger charge is -2.15. The molecule has 7 heteroatoms. The number of hydrogen-bond donors (Lipinski definition) is 3. The maximum absolute atomic E-state index is 12.1. The Kier molecular flexibility index (Phi) is 5.83. The molecule has 0 atom stereocenters. The highest BCUT2D eigenvalue weighted by atomic mass is 16.5. The highest BCUT2D eigenvalue weighted by molar-refractivity contribution is 6.48. The van der Waals surface area contributed by atoms with Gasteiger partial charge in [0.15, 0.2) is 0 Å². The van der Waals surface area contributed by atoms with Crippen molar-refractivity contribution in [1.29, 1.82) is 5.41 Å². The molecule has 0 unspecified atom stereocenters. The highest BCUT2D eigenvalue weighted by Crippen LogP contribution is 2.18. The molecule has 7 nitrogen and oxygen atoms in total. The molecule has 0 aliphatic heterocycles. The Hall–Kier alpha value is -2.96. The molecule has 0 saturated heterocycles. The van der Waals surface area contributed by atoms with Crippen LogP contribution in [0.2, 0.25) is 0 Å². The predicted molar refractivity (Wildman–Crippen MR) is 93.3 cm³/mol. The molecule has 2 heterocycles. The fourth-order valence-electron chi connectivity index (χ4n) is 2.11. The van der Waals surface area contributed by atoms with Crippen molar-refractivity contribution in [1.82, 2.24) is 9.97 Å². The van der Waals surface area contributed by atoms with Crippen molar-refractivity contribution >= 4 is 23.1 Å². The molecule has 0 radical (unpaired) electrons. The second-order valence-electron chi connectivity index (χ2n) is 5.21. The van der Waals surface area contributed by atoms with E-state index in [2.05, 4.69) is 15.3 Å². The molecule has 2 rings (SSSR count). The number of anilines is 2. The number of pyridine rings is 2. The lowest BCUT2D eigenvalue weighted by Crippen LogP contribution is -2.24. The summed E-state index contributed by atoms with van der Waals surface area (Å²) in [6.07, 6.45) is 4.89. The van der Waals surface area contributed by atoms with Gasteiger partial charge in [0.05, 0.1) is 18.0 Å². The first kappa shape index (κ1) is 17.4. The Balaban J connectivity index is 2.10. The van der Waals surface area contributed by atoms with Crippen molar-refractivity contribution in [2.45, 2.75) is 32.8 Å². The number of ether oxygens (including phenoxy) is 1. The standard InChI is InChI=1S/C17H21N5O2/c1-3-12(4-2)24-14-8-7-13(16(19)22-14)15(18)17(23)21-11-6-5-9-20-10-11/h5-10,12,18H,3-4H2,1-2H3,(H2,19,22)(H,21,23). The van der Waals surface area contributed by atoms with E-state index in [-0.39, 0.29) is 23.2 Å². The third-order valence-corrected chi connectivity index (χ3v) is 3.51. The maximum Gasteiger partial charge on any atom is 0.274 e. The van der Waals surface area contributed by atoms with E-state index in [1.165, 1.54) is 6.20 Å². The minimum Gasteiger partial charge on any atom is -0.474 e. The minimum atomic E-state index is -0.579. The Bertz CT molecular complexity index is 714. The molecular weight excluding hydrogens is 306 g/mol. The van der Waals surface area contributed by atoms with Gasteiger partial charge in [-0.3, -0.25) is 15.2 Å². The molecule has 0 bridgehead atoms. The number of aromatic nitrogens is 2. The number of carbonyl (C=O) groups excluding carboxylic acids is 1. The van der Waals surface area contributed by atoms with Gasteiger partial charge >= 0.3 is 0 Å². The van der Waals surface area contributed by atoms with Gasteiger partial charge in [0.25, 0.3) is 5.91 Å². The van der Waals surface area contributed by atoms with Crippen molar-refractivity contribution in [3.8, 4) is 5.88 Å². The number of nitrogen functional groups attached to an aromatic ring is 1. The summed E-state index contributed by atoms with van der Waals surface area (Å²) in [6, 6.07) is 6.58. The van der Waals surface area contributed by atoms with Crippen molar-refractivity contribution in [3.63, 3.8) is 0 Å². The van der Waals surface area contributed by atoms with Gasteiger partial charge in [-0.25, -0.2) is 0 Å². The lowest BCUT2D eigenvalue weighted by atomic mass is 10.1. The molecule has 2 aromatic rings. The van der Waals surface area contributed by atoms with Gasteiger partial charge in [0, 0.05) is 17.8 Å². The second-order valence-corrected chi connectivity index (χ2v) is 5.21. The summed E-state index contributed by atoms with van der Waals surface area (Å²) < 4.78 is 5.71. The van der Waals surface area contributed by atoms with Gasteiger partial charge < -0.3 is 15.8 Å². The van der Waals surface area contributed by atoms with Crippen LogP contribution >= 0.6 is 0 Å². The van der Waals surface area contributed by atoms with Crippen LogP contribution in [-0.2, 0) is 4.79 Å². The van der Waals surface area contributed by atoms with Crippen molar-refractivity contribution in [2.24, 2.45) is 0 Å². The largest absolute Gasteiger partial charge is 0.474 e. The molecule has 0 fully saturated rings. The third kappa shape index (κ3) is 4.28. The SMILES string of the molecule is CCC(CC)Oc1ccc(C(=N)C(=O)Nc2cccnc2)c(N)n1.